The van der Waals surface area contributed by atoms with Crippen LogP contribution in [-0.4, -0.2) is 31.1 Å². The van der Waals surface area contributed by atoms with Crippen molar-refractivity contribution in [1.82, 2.24) is 15.0 Å². The van der Waals surface area contributed by atoms with Gasteiger partial charge in [0.25, 0.3) is 5.91 Å². The van der Waals surface area contributed by atoms with Gasteiger partial charge in [0, 0.05) is 40.0 Å². The quantitative estimate of drug-likeness (QED) is 0.362. The van der Waals surface area contributed by atoms with Gasteiger partial charge < -0.3 is 20.8 Å². The lowest BCUT2D eigenvalue weighted by molar-refractivity contribution is 0.102. The van der Waals surface area contributed by atoms with Crippen LogP contribution in [-0.2, 0) is 0 Å². The van der Waals surface area contributed by atoms with Crippen LogP contribution < -0.4 is 10.6 Å². The third-order valence-corrected chi connectivity index (χ3v) is 5.07. The molecule has 0 aliphatic carbocycles. The standard InChI is InChI=1S/C22H19N5O3S/c1-12-7-20(24-13(2)23-12)27-21(30)14-3-5-16(6-4-14)25-22-26-19(11-31-22)15-8-17(28)10-18(29)9-15/h3-11,28-29H,1-2H3,(H,25,26)(H,23,24,27,30). The third kappa shape index (κ3) is 4.96. The number of nitrogens with zero attached hydrogens (tertiary/aromatic N) is 3. The molecule has 0 radical (unpaired) electrons. The predicted octanol–water partition coefficient (Wildman–Crippen LogP) is 4.62. The SMILES string of the molecule is Cc1cc(NC(=O)c2ccc(Nc3nc(-c4cc(O)cc(O)c4)cs3)cc2)nc(C)n1. The van der Waals surface area contributed by atoms with Crippen LogP contribution in [0, 0.1) is 13.8 Å². The van der Waals surface area contributed by atoms with Crippen LogP contribution in [0.15, 0.2) is 53.9 Å². The molecule has 0 aliphatic rings. The first-order valence-corrected chi connectivity index (χ1v) is 10.2. The van der Waals surface area contributed by atoms with Gasteiger partial charge >= 0.3 is 0 Å². The monoisotopic (exact) mass is 433 g/mol. The van der Waals surface area contributed by atoms with E-state index in [-0.39, 0.29) is 17.4 Å². The van der Waals surface area contributed by atoms with Crippen LogP contribution in [0.4, 0.5) is 16.6 Å². The van der Waals surface area contributed by atoms with E-state index >= 15 is 0 Å². The summed E-state index contributed by atoms with van der Waals surface area (Å²) in [5.74, 6) is 0.741. The van der Waals surface area contributed by atoms with Crippen molar-refractivity contribution in [3.63, 3.8) is 0 Å². The summed E-state index contributed by atoms with van der Waals surface area (Å²) in [5.41, 5.74) is 3.29. The number of hydrogen-bond donors (Lipinski definition) is 4. The molecule has 31 heavy (non-hydrogen) atoms. The van der Waals surface area contributed by atoms with Gasteiger partial charge in [0.15, 0.2) is 5.13 Å². The summed E-state index contributed by atoms with van der Waals surface area (Å²) in [6.45, 7) is 3.62. The predicted molar refractivity (Wildman–Crippen MR) is 120 cm³/mol. The van der Waals surface area contributed by atoms with E-state index in [1.165, 1.54) is 29.5 Å². The Labute approximate surface area is 182 Å². The number of hydrogen-bond acceptors (Lipinski definition) is 8. The largest absolute Gasteiger partial charge is 0.508 e. The van der Waals surface area contributed by atoms with Crippen molar-refractivity contribution in [3.05, 3.63) is 71.0 Å². The number of carbonyl (C=O) groups is 1. The highest BCUT2D eigenvalue weighted by atomic mass is 32.1. The molecule has 0 bridgehead atoms. The molecule has 156 valence electrons. The van der Waals surface area contributed by atoms with Gasteiger partial charge in [-0.2, -0.15) is 0 Å². The zero-order valence-corrected chi connectivity index (χ0v) is 17.6. The molecule has 8 nitrogen and oxygen atoms in total. The Hall–Kier alpha value is -3.98. The number of phenolic OH excluding ortho intramolecular Hbond substituents is 2. The van der Waals surface area contributed by atoms with Crippen LogP contribution in [0.1, 0.15) is 21.9 Å². The maximum Gasteiger partial charge on any atom is 0.256 e. The summed E-state index contributed by atoms with van der Waals surface area (Å²) >= 11 is 1.39. The van der Waals surface area contributed by atoms with Crippen molar-refractivity contribution in [2.75, 3.05) is 10.6 Å². The minimum atomic E-state index is -0.260. The fourth-order valence-corrected chi connectivity index (χ4v) is 3.74. The lowest BCUT2D eigenvalue weighted by Gasteiger charge is -2.07. The molecule has 0 spiro atoms. The number of aryl methyl sites for hydroxylation is 2. The van der Waals surface area contributed by atoms with E-state index in [4.69, 9.17) is 0 Å². The molecule has 0 unspecified atom stereocenters. The van der Waals surface area contributed by atoms with Gasteiger partial charge in [0.1, 0.15) is 23.1 Å². The molecule has 4 N–H and O–H groups in total. The number of aromatic hydroxyl groups is 2. The van der Waals surface area contributed by atoms with Crippen molar-refractivity contribution < 1.29 is 15.0 Å². The Bertz CT molecular complexity index is 1210. The van der Waals surface area contributed by atoms with E-state index in [1.807, 2.05) is 12.3 Å². The van der Waals surface area contributed by atoms with Crippen molar-refractivity contribution in [2.24, 2.45) is 0 Å². The molecule has 0 atom stereocenters. The van der Waals surface area contributed by atoms with Crippen LogP contribution in [0.3, 0.4) is 0 Å². The van der Waals surface area contributed by atoms with Crippen molar-refractivity contribution in [1.29, 1.82) is 0 Å². The summed E-state index contributed by atoms with van der Waals surface area (Å²) < 4.78 is 0. The molecule has 0 saturated carbocycles. The highest BCUT2D eigenvalue weighted by molar-refractivity contribution is 7.14. The molecule has 4 rings (SSSR count). The molecular formula is C22H19N5O3S. The summed E-state index contributed by atoms with van der Waals surface area (Å²) in [6, 6.07) is 13.0. The first-order chi connectivity index (χ1) is 14.9. The number of benzene rings is 2. The molecule has 2 aromatic heterocycles. The number of nitrogens with one attached hydrogen (secondary N) is 2. The topological polar surface area (TPSA) is 120 Å². The summed E-state index contributed by atoms with van der Waals surface area (Å²) in [4.78, 5) is 25.4. The minimum Gasteiger partial charge on any atom is -0.508 e. The fraction of sp³-hybridized carbons (Fsp3) is 0.0909. The Morgan fingerprint density at radius 1 is 0.935 bits per heavy atom. The van der Waals surface area contributed by atoms with E-state index < -0.39 is 0 Å². The number of rotatable bonds is 5. The van der Waals surface area contributed by atoms with Gasteiger partial charge in [-0.05, 0) is 50.2 Å². The number of aromatic nitrogens is 3. The molecule has 2 heterocycles. The molecule has 9 heteroatoms. The first kappa shape index (κ1) is 20.3. The number of anilines is 3. The summed E-state index contributed by atoms with van der Waals surface area (Å²) in [5, 5.41) is 27.7. The number of amides is 1. The first-order valence-electron chi connectivity index (χ1n) is 9.35. The molecule has 0 saturated heterocycles. The third-order valence-electron chi connectivity index (χ3n) is 4.31. The van der Waals surface area contributed by atoms with Gasteiger partial charge in [-0.25, -0.2) is 15.0 Å². The normalized spacial score (nSPS) is 10.6. The Kier molecular flexibility index (Phi) is 5.50. The average Bonchev–Trinajstić information content (AvgIpc) is 3.15. The van der Waals surface area contributed by atoms with Crippen LogP contribution in [0.2, 0.25) is 0 Å². The molecule has 1 amide bonds. The van der Waals surface area contributed by atoms with Gasteiger partial charge in [0.2, 0.25) is 0 Å². The fourth-order valence-electron chi connectivity index (χ4n) is 3.00. The average molecular weight is 433 g/mol. The number of thiazole rings is 1. The van der Waals surface area contributed by atoms with Gasteiger partial charge in [-0.15, -0.1) is 11.3 Å². The second kappa shape index (κ2) is 8.41. The Morgan fingerprint density at radius 2 is 1.65 bits per heavy atom. The van der Waals surface area contributed by atoms with E-state index in [2.05, 4.69) is 25.6 Å². The smallest absolute Gasteiger partial charge is 0.256 e. The Balaban J connectivity index is 1.44. The second-order valence-electron chi connectivity index (χ2n) is 6.87. The maximum absolute atomic E-state index is 12.5. The number of phenols is 2. The number of carbonyl (C=O) groups excluding carboxylic acids is 1. The summed E-state index contributed by atoms with van der Waals surface area (Å²) in [7, 11) is 0. The highest BCUT2D eigenvalue weighted by Gasteiger charge is 2.10. The minimum absolute atomic E-state index is 0.0290. The van der Waals surface area contributed by atoms with Crippen LogP contribution in [0.25, 0.3) is 11.3 Å². The maximum atomic E-state index is 12.5. The van der Waals surface area contributed by atoms with Gasteiger partial charge in [0.05, 0.1) is 5.69 Å². The van der Waals surface area contributed by atoms with E-state index in [0.717, 1.165) is 11.4 Å². The molecule has 0 fully saturated rings. The van der Waals surface area contributed by atoms with E-state index in [0.29, 0.717) is 33.6 Å². The van der Waals surface area contributed by atoms with Gasteiger partial charge in [-0.3, -0.25) is 4.79 Å². The molecule has 4 aromatic rings. The van der Waals surface area contributed by atoms with E-state index in [9.17, 15) is 15.0 Å². The van der Waals surface area contributed by atoms with E-state index in [1.54, 1.807) is 37.3 Å². The molecule has 0 aliphatic heterocycles. The van der Waals surface area contributed by atoms with Crippen molar-refractivity contribution in [2.45, 2.75) is 13.8 Å². The lowest BCUT2D eigenvalue weighted by Crippen LogP contribution is -2.13. The zero-order valence-electron chi connectivity index (χ0n) is 16.7. The summed E-state index contributed by atoms with van der Waals surface area (Å²) in [6.07, 6.45) is 0. The lowest BCUT2D eigenvalue weighted by atomic mass is 10.1. The van der Waals surface area contributed by atoms with Crippen LogP contribution in [0.5, 0.6) is 11.5 Å². The Morgan fingerprint density at radius 3 is 2.32 bits per heavy atom. The highest BCUT2D eigenvalue weighted by Crippen LogP contribution is 2.31. The molecule has 2 aromatic carbocycles. The van der Waals surface area contributed by atoms with Gasteiger partial charge in [-0.1, -0.05) is 0 Å². The van der Waals surface area contributed by atoms with Crippen molar-refractivity contribution in [3.8, 4) is 22.8 Å². The second-order valence-corrected chi connectivity index (χ2v) is 7.73. The van der Waals surface area contributed by atoms with Crippen molar-refractivity contribution >= 4 is 33.9 Å². The van der Waals surface area contributed by atoms with Crippen LogP contribution >= 0.6 is 11.3 Å². The molecular weight excluding hydrogens is 414 g/mol. The zero-order chi connectivity index (χ0) is 22.0.